The summed E-state index contributed by atoms with van der Waals surface area (Å²) in [5.74, 6) is -0.914. The molecular weight excluding hydrogens is 452 g/mol. The van der Waals surface area contributed by atoms with Crippen molar-refractivity contribution in [1.29, 1.82) is 0 Å². The number of halogens is 1. The molecule has 0 aliphatic carbocycles. The quantitative estimate of drug-likeness (QED) is 0.606. The SMILES string of the molecule is CNC(=O)CN1C[C@](C)(C(=O)Nc2cncc3ccccc23)c2cc(Cl)ccc2S1(=O)=O. The highest BCUT2D eigenvalue weighted by atomic mass is 35.5. The molecule has 166 valence electrons. The van der Waals surface area contributed by atoms with Crippen molar-refractivity contribution in [3.05, 3.63) is 65.4 Å². The minimum Gasteiger partial charge on any atom is -0.358 e. The lowest BCUT2D eigenvalue weighted by molar-refractivity contribution is -0.124. The third-order valence-corrected chi connectivity index (χ3v) is 7.75. The van der Waals surface area contributed by atoms with Gasteiger partial charge in [-0.1, -0.05) is 35.9 Å². The summed E-state index contributed by atoms with van der Waals surface area (Å²) in [6.07, 6.45) is 3.24. The highest BCUT2D eigenvalue weighted by molar-refractivity contribution is 7.89. The van der Waals surface area contributed by atoms with Crippen LogP contribution < -0.4 is 10.6 Å². The highest BCUT2D eigenvalue weighted by Gasteiger charge is 2.48. The van der Waals surface area contributed by atoms with Gasteiger partial charge in [0, 0.05) is 35.6 Å². The average molecular weight is 473 g/mol. The predicted molar refractivity (Wildman–Crippen MR) is 122 cm³/mol. The third-order valence-electron chi connectivity index (χ3n) is 5.66. The maximum atomic E-state index is 13.6. The number of aromatic nitrogens is 1. The third kappa shape index (κ3) is 3.72. The molecule has 0 bridgehead atoms. The topological polar surface area (TPSA) is 108 Å². The fourth-order valence-corrected chi connectivity index (χ4v) is 5.84. The zero-order valence-corrected chi connectivity index (χ0v) is 19.0. The lowest BCUT2D eigenvalue weighted by Crippen LogP contribution is -2.55. The second-order valence-corrected chi connectivity index (χ2v) is 10.1. The number of fused-ring (bicyclic) bond motifs is 2. The van der Waals surface area contributed by atoms with E-state index in [4.69, 9.17) is 11.6 Å². The van der Waals surface area contributed by atoms with Crippen LogP contribution in [-0.4, -0.2) is 49.7 Å². The number of rotatable bonds is 4. The predicted octanol–water partition coefficient (Wildman–Crippen LogP) is 2.53. The summed E-state index contributed by atoms with van der Waals surface area (Å²) >= 11 is 6.17. The van der Waals surface area contributed by atoms with E-state index in [1.165, 1.54) is 25.2 Å². The van der Waals surface area contributed by atoms with Gasteiger partial charge in [-0.25, -0.2) is 8.42 Å². The number of carbonyl (C=O) groups is 2. The van der Waals surface area contributed by atoms with E-state index in [-0.39, 0.29) is 17.0 Å². The van der Waals surface area contributed by atoms with Crippen molar-refractivity contribution in [2.45, 2.75) is 17.2 Å². The first-order chi connectivity index (χ1) is 15.2. The maximum absolute atomic E-state index is 13.6. The van der Waals surface area contributed by atoms with E-state index in [1.807, 2.05) is 24.3 Å². The fraction of sp³-hybridized carbons (Fsp3) is 0.227. The van der Waals surface area contributed by atoms with Crippen molar-refractivity contribution in [2.24, 2.45) is 0 Å². The normalized spacial score (nSPS) is 19.8. The minimum atomic E-state index is -4.00. The van der Waals surface area contributed by atoms with Crippen molar-refractivity contribution >= 4 is 49.9 Å². The van der Waals surface area contributed by atoms with Crippen LogP contribution in [0.25, 0.3) is 10.8 Å². The van der Waals surface area contributed by atoms with Crippen LogP contribution in [-0.2, 0) is 25.0 Å². The largest absolute Gasteiger partial charge is 0.358 e. The molecule has 0 saturated carbocycles. The minimum absolute atomic E-state index is 0.0502. The van der Waals surface area contributed by atoms with Gasteiger partial charge in [0.2, 0.25) is 21.8 Å². The Kier molecular flexibility index (Phi) is 5.66. The number of anilines is 1. The van der Waals surface area contributed by atoms with E-state index in [0.717, 1.165) is 15.1 Å². The van der Waals surface area contributed by atoms with Gasteiger partial charge in [-0.05, 0) is 30.7 Å². The van der Waals surface area contributed by atoms with Gasteiger partial charge >= 0.3 is 0 Å². The molecule has 2 aromatic carbocycles. The fourth-order valence-electron chi connectivity index (χ4n) is 3.87. The zero-order chi connectivity index (χ0) is 23.1. The molecule has 2 N–H and O–H groups in total. The van der Waals surface area contributed by atoms with E-state index in [0.29, 0.717) is 10.7 Å². The van der Waals surface area contributed by atoms with Crippen LogP contribution >= 0.6 is 11.6 Å². The van der Waals surface area contributed by atoms with Crippen LogP contribution in [0.3, 0.4) is 0 Å². The molecule has 2 amide bonds. The first kappa shape index (κ1) is 22.2. The molecule has 2 heterocycles. The van der Waals surface area contributed by atoms with Gasteiger partial charge in [0.05, 0.1) is 28.7 Å². The van der Waals surface area contributed by atoms with E-state index < -0.39 is 33.8 Å². The number of sulfonamides is 1. The number of pyridine rings is 1. The molecule has 3 aromatic rings. The van der Waals surface area contributed by atoms with Crippen LogP contribution in [0.1, 0.15) is 12.5 Å². The molecule has 0 radical (unpaired) electrons. The van der Waals surface area contributed by atoms with Gasteiger partial charge < -0.3 is 10.6 Å². The van der Waals surface area contributed by atoms with Gasteiger partial charge in [-0.3, -0.25) is 14.6 Å². The number of amides is 2. The molecule has 10 heteroatoms. The number of carbonyl (C=O) groups excluding carboxylic acids is 2. The molecule has 1 atom stereocenters. The number of nitrogens with zero attached hydrogens (tertiary/aromatic N) is 2. The van der Waals surface area contributed by atoms with Crippen molar-refractivity contribution in [3.63, 3.8) is 0 Å². The molecule has 0 saturated heterocycles. The number of benzene rings is 2. The Balaban J connectivity index is 1.81. The molecule has 0 spiro atoms. The molecule has 4 rings (SSSR count). The number of likely N-dealkylation sites (N-methyl/N-ethyl adjacent to an activating group) is 1. The van der Waals surface area contributed by atoms with Crippen molar-refractivity contribution in [2.75, 3.05) is 25.5 Å². The standard InChI is InChI=1S/C22H21ClN4O4S/c1-22(21(29)26-18-11-25-10-14-5-3-4-6-16(14)18)13-27(12-20(28)24-2)32(30,31)19-8-7-15(23)9-17(19)22/h3-11H,12-13H2,1-2H3,(H,24,28)(H,26,29)/t22-/m0/s1. The number of hydrogen-bond donors (Lipinski definition) is 2. The summed E-state index contributed by atoms with van der Waals surface area (Å²) in [4.78, 5) is 29.8. The van der Waals surface area contributed by atoms with Gasteiger partial charge in [0.25, 0.3) is 0 Å². The Morgan fingerprint density at radius 3 is 2.69 bits per heavy atom. The summed E-state index contributed by atoms with van der Waals surface area (Å²) in [5.41, 5.74) is -0.524. The monoisotopic (exact) mass is 472 g/mol. The first-order valence-corrected chi connectivity index (χ1v) is 11.6. The van der Waals surface area contributed by atoms with Crippen molar-refractivity contribution in [3.8, 4) is 0 Å². The summed E-state index contributed by atoms with van der Waals surface area (Å²) < 4.78 is 27.4. The second-order valence-electron chi connectivity index (χ2n) is 7.78. The van der Waals surface area contributed by atoms with Crippen LogP contribution in [0.15, 0.2) is 59.8 Å². The molecule has 0 unspecified atom stereocenters. The zero-order valence-electron chi connectivity index (χ0n) is 17.4. The average Bonchev–Trinajstić information content (AvgIpc) is 2.77. The van der Waals surface area contributed by atoms with Crippen molar-refractivity contribution < 1.29 is 18.0 Å². The summed E-state index contributed by atoms with van der Waals surface area (Å²) in [6, 6.07) is 11.8. The van der Waals surface area contributed by atoms with Crippen molar-refractivity contribution in [1.82, 2.24) is 14.6 Å². The van der Waals surface area contributed by atoms with Gasteiger partial charge in [-0.15, -0.1) is 0 Å². The Bertz CT molecular complexity index is 1340. The van der Waals surface area contributed by atoms with Gasteiger partial charge in [0.1, 0.15) is 0 Å². The molecule has 8 nitrogen and oxygen atoms in total. The lowest BCUT2D eigenvalue weighted by Gasteiger charge is -2.40. The molecule has 32 heavy (non-hydrogen) atoms. The van der Waals surface area contributed by atoms with E-state index in [9.17, 15) is 18.0 Å². The summed E-state index contributed by atoms with van der Waals surface area (Å²) in [5, 5.41) is 7.29. The summed E-state index contributed by atoms with van der Waals surface area (Å²) in [7, 11) is -2.57. The van der Waals surface area contributed by atoms with Gasteiger partial charge in [0.15, 0.2) is 0 Å². The molecule has 1 aliphatic rings. The summed E-state index contributed by atoms with van der Waals surface area (Å²) in [6.45, 7) is 1.02. The molecule has 1 aromatic heterocycles. The molecule has 0 fully saturated rings. The van der Waals surface area contributed by atoms with E-state index in [2.05, 4.69) is 15.6 Å². The van der Waals surface area contributed by atoms with Crippen LogP contribution in [0.5, 0.6) is 0 Å². The number of hydrogen-bond acceptors (Lipinski definition) is 5. The molecular formula is C22H21ClN4O4S. The molecule has 1 aliphatic heterocycles. The first-order valence-electron chi connectivity index (χ1n) is 9.82. The Morgan fingerprint density at radius 1 is 1.19 bits per heavy atom. The van der Waals surface area contributed by atoms with E-state index in [1.54, 1.807) is 19.3 Å². The van der Waals surface area contributed by atoms with Crippen LogP contribution in [0.2, 0.25) is 5.02 Å². The Hall–Kier alpha value is -3.01. The Labute approximate surface area is 190 Å². The Morgan fingerprint density at radius 2 is 1.94 bits per heavy atom. The number of nitrogens with one attached hydrogen (secondary N) is 2. The highest BCUT2D eigenvalue weighted by Crippen LogP contribution is 2.40. The second kappa shape index (κ2) is 8.16. The van der Waals surface area contributed by atoms with Crippen LogP contribution in [0.4, 0.5) is 5.69 Å². The van der Waals surface area contributed by atoms with Crippen LogP contribution in [0, 0.1) is 0 Å². The maximum Gasteiger partial charge on any atom is 0.243 e. The van der Waals surface area contributed by atoms with E-state index >= 15 is 0 Å². The lowest BCUT2D eigenvalue weighted by atomic mass is 9.80. The smallest absolute Gasteiger partial charge is 0.243 e. The van der Waals surface area contributed by atoms with Gasteiger partial charge in [-0.2, -0.15) is 4.31 Å².